The molecule has 2 heterocycles. The van der Waals surface area contributed by atoms with Crippen molar-refractivity contribution < 1.29 is 18.8 Å². The van der Waals surface area contributed by atoms with E-state index in [1.165, 1.54) is 19.4 Å². The predicted octanol–water partition coefficient (Wildman–Crippen LogP) is 5.77. The van der Waals surface area contributed by atoms with Gasteiger partial charge in [0.2, 0.25) is 11.6 Å². The first-order chi connectivity index (χ1) is 17.9. The van der Waals surface area contributed by atoms with Crippen molar-refractivity contribution in [2.45, 2.75) is 6.92 Å². The van der Waals surface area contributed by atoms with Crippen LogP contribution in [0.15, 0.2) is 79.4 Å². The van der Waals surface area contributed by atoms with E-state index >= 15 is 0 Å². The number of benzene rings is 3. The SMILES string of the molecule is CCOc1c(OC)cc(C=Nn2c(-c3cc4cc(Br)ccc4o3)nc3ccccc3c2=O)cc1[N+](=O)[O-]. The zero-order chi connectivity index (χ0) is 26.1. The Morgan fingerprint density at radius 2 is 2.00 bits per heavy atom. The average molecular weight is 563 g/mol. The molecule has 0 aliphatic rings. The lowest BCUT2D eigenvalue weighted by Crippen LogP contribution is -2.20. The van der Waals surface area contributed by atoms with Crippen LogP contribution in [0.3, 0.4) is 0 Å². The molecule has 0 atom stereocenters. The van der Waals surface area contributed by atoms with E-state index in [9.17, 15) is 14.9 Å². The number of aromatic nitrogens is 2. The van der Waals surface area contributed by atoms with Crippen molar-refractivity contribution >= 4 is 49.7 Å². The van der Waals surface area contributed by atoms with Crippen LogP contribution in [-0.2, 0) is 0 Å². The highest BCUT2D eigenvalue weighted by molar-refractivity contribution is 9.10. The Morgan fingerprint density at radius 1 is 1.19 bits per heavy atom. The highest BCUT2D eigenvalue weighted by Crippen LogP contribution is 2.38. The Balaban J connectivity index is 1.70. The number of para-hydroxylation sites is 1. The van der Waals surface area contributed by atoms with Gasteiger partial charge in [-0.3, -0.25) is 14.9 Å². The second-order valence-corrected chi connectivity index (χ2v) is 8.78. The van der Waals surface area contributed by atoms with Gasteiger partial charge in [0.15, 0.2) is 11.5 Å². The Bertz CT molecular complexity index is 1760. The van der Waals surface area contributed by atoms with Gasteiger partial charge < -0.3 is 13.9 Å². The number of ether oxygens (including phenoxy) is 2. The minimum Gasteiger partial charge on any atom is -0.493 e. The van der Waals surface area contributed by atoms with Crippen molar-refractivity contribution in [1.82, 2.24) is 9.66 Å². The Morgan fingerprint density at radius 3 is 2.76 bits per heavy atom. The number of hydrogen-bond acceptors (Lipinski definition) is 8. The first-order valence-corrected chi connectivity index (χ1v) is 11.9. The predicted molar refractivity (Wildman–Crippen MR) is 143 cm³/mol. The number of halogens is 1. The number of nitrogens with zero attached hydrogens (tertiary/aromatic N) is 4. The van der Waals surface area contributed by atoms with Gasteiger partial charge >= 0.3 is 5.69 Å². The monoisotopic (exact) mass is 562 g/mol. The number of nitro benzene ring substituents is 1. The second kappa shape index (κ2) is 9.86. The molecule has 0 N–H and O–H groups in total. The zero-order valence-corrected chi connectivity index (χ0v) is 21.3. The molecule has 186 valence electrons. The van der Waals surface area contributed by atoms with Crippen molar-refractivity contribution in [2.75, 3.05) is 13.7 Å². The largest absolute Gasteiger partial charge is 0.493 e. The zero-order valence-electron chi connectivity index (χ0n) is 19.7. The first-order valence-electron chi connectivity index (χ1n) is 11.1. The fourth-order valence-electron chi connectivity index (χ4n) is 3.90. The Labute approximate surface area is 218 Å². The van der Waals surface area contributed by atoms with E-state index in [0.29, 0.717) is 27.8 Å². The van der Waals surface area contributed by atoms with Gasteiger partial charge in [0, 0.05) is 21.5 Å². The molecule has 0 radical (unpaired) electrons. The third-order valence-corrected chi connectivity index (χ3v) is 6.03. The van der Waals surface area contributed by atoms with E-state index in [1.807, 2.05) is 12.1 Å². The molecular formula is C26H19BrN4O6. The van der Waals surface area contributed by atoms with Crippen molar-refractivity contribution in [1.29, 1.82) is 0 Å². The van der Waals surface area contributed by atoms with Gasteiger partial charge in [-0.2, -0.15) is 9.78 Å². The molecule has 0 aliphatic heterocycles. The van der Waals surface area contributed by atoms with Gasteiger partial charge in [0.1, 0.15) is 5.58 Å². The lowest BCUT2D eigenvalue weighted by Gasteiger charge is -2.10. The lowest BCUT2D eigenvalue weighted by molar-refractivity contribution is -0.385. The van der Waals surface area contributed by atoms with E-state index in [1.54, 1.807) is 49.4 Å². The van der Waals surface area contributed by atoms with Crippen LogP contribution in [0.4, 0.5) is 5.69 Å². The molecule has 0 spiro atoms. The quantitative estimate of drug-likeness (QED) is 0.140. The van der Waals surface area contributed by atoms with Crippen molar-refractivity contribution in [2.24, 2.45) is 5.10 Å². The van der Waals surface area contributed by atoms with Crippen LogP contribution in [0, 0.1) is 10.1 Å². The third-order valence-electron chi connectivity index (χ3n) is 5.54. The fraction of sp³-hybridized carbons (Fsp3) is 0.115. The van der Waals surface area contributed by atoms with Gasteiger partial charge in [-0.1, -0.05) is 28.1 Å². The second-order valence-electron chi connectivity index (χ2n) is 7.87. The molecule has 5 aromatic rings. The molecule has 5 rings (SSSR count). The van der Waals surface area contributed by atoms with Crippen LogP contribution >= 0.6 is 15.9 Å². The summed E-state index contributed by atoms with van der Waals surface area (Å²) in [5, 5.41) is 17.2. The molecule has 0 aliphatic carbocycles. The maximum Gasteiger partial charge on any atom is 0.315 e. The summed E-state index contributed by atoms with van der Waals surface area (Å²) in [7, 11) is 1.39. The van der Waals surface area contributed by atoms with Crippen molar-refractivity contribution in [3.8, 4) is 23.1 Å². The van der Waals surface area contributed by atoms with Gasteiger partial charge in [-0.25, -0.2) is 4.98 Å². The topological polar surface area (TPSA) is 122 Å². The number of fused-ring (bicyclic) bond motifs is 2. The lowest BCUT2D eigenvalue weighted by atomic mass is 10.2. The first kappa shape index (κ1) is 24.2. The average Bonchev–Trinajstić information content (AvgIpc) is 3.31. The van der Waals surface area contributed by atoms with E-state index in [2.05, 4.69) is 26.0 Å². The number of hydrogen-bond donors (Lipinski definition) is 0. The molecule has 0 unspecified atom stereocenters. The van der Waals surface area contributed by atoms with E-state index in [-0.39, 0.29) is 29.6 Å². The number of methoxy groups -OCH3 is 1. The normalized spacial score (nSPS) is 11.4. The molecule has 37 heavy (non-hydrogen) atoms. The van der Waals surface area contributed by atoms with E-state index < -0.39 is 10.5 Å². The third kappa shape index (κ3) is 4.56. The van der Waals surface area contributed by atoms with Crippen LogP contribution in [0.1, 0.15) is 12.5 Å². The van der Waals surface area contributed by atoms with E-state index in [0.717, 1.165) is 14.5 Å². The summed E-state index contributed by atoms with van der Waals surface area (Å²) in [5.74, 6) is 0.707. The van der Waals surface area contributed by atoms with Crippen LogP contribution in [0.25, 0.3) is 33.5 Å². The summed E-state index contributed by atoms with van der Waals surface area (Å²) < 4.78 is 18.7. The summed E-state index contributed by atoms with van der Waals surface area (Å²) in [6.45, 7) is 1.94. The van der Waals surface area contributed by atoms with Gasteiger partial charge in [0.25, 0.3) is 5.56 Å². The molecule has 2 aromatic heterocycles. The minimum absolute atomic E-state index is 0.0193. The summed E-state index contributed by atoms with van der Waals surface area (Å²) in [4.78, 5) is 29.2. The van der Waals surface area contributed by atoms with Crippen molar-refractivity contribution in [3.63, 3.8) is 0 Å². The molecule has 0 bridgehead atoms. The van der Waals surface area contributed by atoms with E-state index in [4.69, 9.17) is 13.9 Å². The number of nitro groups is 1. The van der Waals surface area contributed by atoms with Crippen LogP contribution in [-0.4, -0.2) is 34.5 Å². The number of furan rings is 1. The van der Waals surface area contributed by atoms with Gasteiger partial charge in [0.05, 0.1) is 35.8 Å². The highest BCUT2D eigenvalue weighted by Gasteiger charge is 2.22. The molecular weight excluding hydrogens is 544 g/mol. The molecule has 0 fully saturated rings. The summed E-state index contributed by atoms with van der Waals surface area (Å²) in [6, 6.07) is 17.1. The fourth-order valence-corrected chi connectivity index (χ4v) is 4.28. The maximum absolute atomic E-state index is 13.5. The standard InChI is InChI=1S/C26H19BrN4O6/c1-3-36-24-20(31(33)34)10-15(11-22(24)35-2)14-28-30-25(29-19-7-5-4-6-18(19)26(30)32)23-13-16-12-17(27)8-9-21(16)37-23/h4-14H,3H2,1-2H3. The van der Waals surface area contributed by atoms with Gasteiger partial charge in [-0.05, 0) is 49.4 Å². The highest BCUT2D eigenvalue weighted by atomic mass is 79.9. The molecule has 3 aromatic carbocycles. The number of rotatable bonds is 7. The van der Waals surface area contributed by atoms with Gasteiger partial charge in [-0.15, -0.1) is 0 Å². The summed E-state index contributed by atoms with van der Waals surface area (Å²) >= 11 is 3.45. The minimum atomic E-state index is -0.563. The Kier molecular flexibility index (Phi) is 6.45. The van der Waals surface area contributed by atoms with Crippen molar-refractivity contribution in [3.05, 3.63) is 91.2 Å². The Hall–Kier alpha value is -4.51. The van der Waals surface area contributed by atoms with Crippen LogP contribution in [0.5, 0.6) is 11.5 Å². The smallest absolute Gasteiger partial charge is 0.315 e. The summed E-state index contributed by atoms with van der Waals surface area (Å²) in [6.07, 6.45) is 1.33. The molecule has 0 saturated carbocycles. The molecule has 10 nitrogen and oxygen atoms in total. The molecule has 0 saturated heterocycles. The molecule has 11 heteroatoms. The van der Waals surface area contributed by atoms with Crippen LogP contribution < -0.4 is 15.0 Å². The molecule has 0 amide bonds. The summed E-state index contributed by atoms with van der Waals surface area (Å²) in [5.41, 5.74) is 0.712. The maximum atomic E-state index is 13.5. The van der Waals surface area contributed by atoms with Crippen LogP contribution in [0.2, 0.25) is 0 Å².